The minimum Gasteiger partial charge on any atom is -0.465 e. The van der Waals surface area contributed by atoms with E-state index in [1.807, 2.05) is 0 Å². The van der Waals surface area contributed by atoms with Gasteiger partial charge in [-0.15, -0.1) is 0 Å². The van der Waals surface area contributed by atoms with Crippen molar-refractivity contribution in [3.05, 3.63) is 41.0 Å². The number of carbonyl (C=O) groups is 1. The Hall–Kier alpha value is -3.14. The third-order valence-electron chi connectivity index (χ3n) is 4.35. The molecule has 0 amide bonds. The molecule has 0 aliphatic carbocycles. The molecule has 1 aliphatic heterocycles. The topological polar surface area (TPSA) is 74.1 Å². The van der Waals surface area contributed by atoms with Gasteiger partial charge in [0.1, 0.15) is 18.1 Å². The molecule has 4 rings (SSSR count). The molecule has 11 heteroatoms. The number of hydrogen-bond acceptors (Lipinski definition) is 6. The molecule has 158 valence electrons. The maximum absolute atomic E-state index is 13.3. The van der Waals surface area contributed by atoms with Crippen molar-refractivity contribution in [2.45, 2.75) is 13.1 Å². The largest absolute Gasteiger partial charge is 0.465 e. The first-order valence-corrected chi connectivity index (χ1v) is 9.24. The fourth-order valence-electron chi connectivity index (χ4n) is 3.04. The summed E-state index contributed by atoms with van der Waals surface area (Å²) in [7, 11) is 0. The molecule has 1 aliphatic rings. The highest BCUT2D eigenvalue weighted by atomic mass is 35.5. The Morgan fingerprint density at radius 1 is 1.30 bits per heavy atom. The van der Waals surface area contributed by atoms with Gasteiger partial charge in [-0.05, 0) is 31.2 Å². The predicted molar refractivity (Wildman–Crippen MR) is 102 cm³/mol. The van der Waals surface area contributed by atoms with Crippen molar-refractivity contribution < 1.29 is 32.2 Å². The van der Waals surface area contributed by atoms with Crippen LogP contribution in [-0.2, 0) is 15.7 Å². The number of benzene rings is 1. The lowest BCUT2D eigenvalue weighted by Crippen LogP contribution is -2.18. The molecule has 0 radical (unpaired) electrons. The van der Waals surface area contributed by atoms with E-state index >= 15 is 0 Å². The molecule has 0 fully saturated rings. The normalized spacial score (nSPS) is 13.0. The standard InChI is InChI=1S/C19H15ClF3N3O4/c1-2-28-15(27)7-24-18-16(10-3-4-13-14(5-10)30-9-29-13)25-17-12(20)6-11(8-26(17)18)19(21,22)23/h3-6,8,24H,2,7,9H2,1H3. The molecule has 0 atom stereocenters. The van der Waals surface area contributed by atoms with Crippen LogP contribution in [0.2, 0.25) is 5.02 Å². The van der Waals surface area contributed by atoms with E-state index in [9.17, 15) is 18.0 Å². The number of aromatic nitrogens is 2. The highest BCUT2D eigenvalue weighted by Gasteiger charge is 2.33. The molecule has 3 aromatic rings. The number of esters is 1. The lowest BCUT2D eigenvalue weighted by atomic mass is 10.1. The van der Waals surface area contributed by atoms with Crippen LogP contribution >= 0.6 is 11.6 Å². The molecular weight excluding hydrogens is 427 g/mol. The number of alkyl halides is 3. The minimum absolute atomic E-state index is 0.0681. The third-order valence-corrected chi connectivity index (χ3v) is 4.63. The Morgan fingerprint density at radius 2 is 2.07 bits per heavy atom. The Bertz CT molecular complexity index is 1130. The van der Waals surface area contributed by atoms with Gasteiger partial charge in [0.25, 0.3) is 0 Å². The van der Waals surface area contributed by atoms with E-state index in [4.69, 9.17) is 25.8 Å². The van der Waals surface area contributed by atoms with Crippen molar-refractivity contribution in [3.8, 4) is 22.8 Å². The maximum atomic E-state index is 13.3. The van der Waals surface area contributed by atoms with Gasteiger partial charge in [0.15, 0.2) is 17.1 Å². The van der Waals surface area contributed by atoms with Crippen LogP contribution in [0, 0.1) is 0 Å². The summed E-state index contributed by atoms with van der Waals surface area (Å²) < 4.78 is 56.6. The number of fused-ring (bicyclic) bond motifs is 2. The van der Waals surface area contributed by atoms with Gasteiger partial charge in [-0.1, -0.05) is 11.6 Å². The van der Waals surface area contributed by atoms with Gasteiger partial charge in [0, 0.05) is 11.8 Å². The molecule has 0 saturated heterocycles. The van der Waals surface area contributed by atoms with Crippen LogP contribution in [0.15, 0.2) is 30.5 Å². The van der Waals surface area contributed by atoms with Gasteiger partial charge in [-0.2, -0.15) is 13.2 Å². The molecule has 7 nitrogen and oxygen atoms in total. The van der Waals surface area contributed by atoms with Crippen molar-refractivity contribution in [1.82, 2.24) is 9.38 Å². The highest BCUT2D eigenvalue weighted by molar-refractivity contribution is 6.33. The molecule has 1 aromatic carbocycles. The lowest BCUT2D eigenvalue weighted by Gasteiger charge is -2.11. The summed E-state index contributed by atoms with van der Waals surface area (Å²) in [4.78, 5) is 16.2. The zero-order valence-corrected chi connectivity index (χ0v) is 16.3. The van der Waals surface area contributed by atoms with Gasteiger partial charge in [-0.25, -0.2) is 4.98 Å². The number of nitrogens with zero attached hydrogens (tertiary/aromatic N) is 2. The molecule has 0 unspecified atom stereocenters. The van der Waals surface area contributed by atoms with E-state index in [0.717, 1.165) is 12.3 Å². The quantitative estimate of drug-likeness (QED) is 0.592. The predicted octanol–water partition coefficient (Wildman–Crippen LogP) is 4.38. The SMILES string of the molecule is CCOC(=O)CNc1c(-c2ccc3c(c2)OCO3)nc2c(Cl)cc(C(F)(F)F)cn12. The first-order chi connectivity index (χ1) is 14.3. The second-order valence-electron chi connectivity index (χ2n) is 6.30. The van der Waals surface area contributed by atoms with Gasteiger partial charge in [0.2, 0.25) is 6.79 Å². The second-order valence-corrected chi connectivity index (χ2v) is 6.71. The number of ether oxygens (including phenoxy) is 3. The van der Waals surface area contributed by atoms with Crippen molar-refractivity contribution in [2.75, 3.05) is 25.3 Å². The average Bonchev–Trinajstić information content (AvgIpc) is 3.30. The minimum atomic E-state index is -4.61. The van der Waals surface area contributed by atoms with Gasteiger partial charge >= 0.3 is 12.1 Å². The number of rotatable bonds is 5. The van der Waals surface area contributed by atoms with Crippen molar-refractivity contribution in [2.24, 2.45) is 0 Å². The second kappa shape index (κ2) is 7.60. The van der Waals surface area contributed by atoms with Crippen LogP contribution in [0.1, 0.15) is 12.5 Å². The number of anilines is 1. The Morgan fingerprint density at radius 3 is 2.80 bits per heavy atom. The molecule has 1 N–H and O–H groups in total. The van der Waals surface area contributed by atoms with Crippen LogP contribution in [0.25, 0.3) is 16.9 Å². The Balaban J connectivity index is 1.86. The van der Waals surface area contributed by atoms with Crippen LogP contribution in [-0.4, -0.2) is 35.3 Å². The molecule has 3 heterocycles. The number of hydrogen-bond donors (Lipinski definition) is 1. The van der Waals surface area contributed by atoms with Crippen LogP contribution in [0.4, 0.5) is 19.0 Å². The third kappa shape index (κ3) is 3.70. The summed E-state index contributed by atoms with van der Waals surface area (Å²) in [5.41, 5.74) is -0.0183. The molecule has 0 bridgehead atoms. The number of carbonyl (C=O) groups excluding carboxylic acids is 1. The van der Waals surface area contributed by atoms with Crippen LogP contribution in [0.5, 0.6) is 11.5 Å². The Labute approximate surface area is 173 Å². The first kappa shape index (κ1) is 20.1. The molecular formula is C19H15ClF3N3O4. The van der Waals surface area contributed by atoms with E-state index in [1.54, 1.807) is 25.1 Å². The molecule has 30 heavy (non-hydrogen) atoms. The van der Waals surface area contributed by atoms with E-state index in [0.29, 0.717) is 22.8 Å². The molecule has 0 saturated carbocycles. The van der Waals surface area contributed by atoms with Crippen LogP contribution < -0.4 is 14.8 Å². The number of nitrogens with one attached hydrogen (secondary N) is 1. The number of halogens is 4. The van der Waals surface area contributed by atoms with Crippen molar-refractivity contribution >= 4 is 29.0 Å². The summed E-state index contributed by atoms with van der Waals surface area (Å²) in [6.07, 6.45) is -3.74. The van der Waals surface area contributed by atoms with Crippen molar-refractivity contribution in [1.29, 1.82) is 0 Å². The van der Waals surface area contributed by atoms with Gasteiger partial charge in [-0.3, -0.25) is 9.20 Å². The smallest absolute Gasteiger partial charge is 0.417 e. The summed E-state index contributed by atoms with van der Waals surface area (Å²) in [6.45, 7) is 1.62. The molecule has 0 spiro atoms. The maximum Gasteiger partial charge on any atom is 0.417 e. The van der Waals surface area contributed by atoms with E-state index < -0.39 is 17.7 Å². The fraction of sp³-hybridized carbons (Fsp3) is 0.263. The summed E-state index contributed by atoms with van der Waals surface area (Å²) in [6, 6.07) is 5.81. The average molecular weight is 442 g/mol. The van der Waals surface area contributed by atoms with E-state index in [2.05, 4.69) is 10.3 Å². The summed E-state index contributed by atoms with van der Waals surface area (Å²) >= 11 is 6.10. The number of imidazole rings is 1. The van der Waals surface area contributed by atoms with Gasteiger partial charge in [0.05, 0.1) is 17.2 Å². The molecule has 2 aromatic heterocycles. The highest BCUT2D eigenvalue weighted by Crippen LogP contribution is 2.40. The number of pyridine rings is 1. The van der Waals surface area contributed by atoms with E-state index in [-0.39, 0.29) is 36.4 Å². The van der Waals surface area contributed by atoms with Gasteiger partial charge < -0.3 is 19.5 Å². The van der Waals surface area contributed by atoms with Crippen LogP contribution in [0.3, 0.4) is 0 Å². The first-order valence-electron chi connectivity index (χ1n) is 8.86. The van der Waals surface area contributed by atoms with E-state index in [1.165, 1.54) is 4.40 Å². The lowest BCUT2D eigenvalue weighted by molar-refractivity contribution is -0.141. The summed E-state index contributed by atoms with van der Waals surface area (Å²) in [5, 5.41) is 2.64. The van der Waals surface area contributed by atoms with Crippen molar-refractivity contribution in [3.63, 3.8) is 0 Å². The zero-order valence-electron chi connectivity index (χ0n) is 15.5. The Kier molecular flexibility index (Phi) is 5.10. The zero-order chi connectivity index (χ0) is 21.5. The fourth-order valence-corrected chi connectivity index (χ4v) is 3.29. The summed E-state index contributed by atoms with van der Waals surface area (Å²) in [5.74, 6) is 0.607. The monoisotopic (exact) mass is 441 g/mol.